The summed E-state index contributed by atoms with van der Waals surface area (Å²) in [7, 11) is -2.38. The molecular weight excluding hydrogens is 321 g/mol. The van der Waals surface area contributed by atoms with E-state index in [1.54, 1.807) is 0 Å². The summed E-state index contributed by atoms with van der Waals surface area (Å²) in [5.41, 5.74) is 0. The van der Waals surface area contributed by atoms with E-state index in [1.165, 1.54) is 14.0 Å². The number of hydrogen-bond donors (Lipinski definition) is 1. The average molecular weight is 338 g/mol. The summed E-state index contributed by atoms with van der Waals surface area (Å²) >= 11 is 5.57. The summed E-state index contributed by atoms with van der Waals surface area (Å²) in [6.07, 6.45) is 0.581. The molecule has 0 spiro atoms. The molecular formula is C13H17ClFNO4S. The van der Waals surface area contributed by atoms with Gasteiger partial charge in [-0.2, -0.15) is 0 Å². The highest BCUT2D eigenvalue weighted by Gasteiger charge is 2.30. The van der Waals surface area contributed by atoms with Crippen molar-refractivity contribution in [3.8, 4) is 0 Å². The Kier molecular flexibility index (Phi) is 6.57. The van der Waals surface area contributed by atoms with Gasteiger partial charge < -0.3 is 10.1 Å². The first-order valence-corrected chi connectivity index (χ1v) is 8.18. The van der Waals surface area contributed by atoms with Crippen LogP contribution in [-0.2, 0) is 19.4 Å². The summed E-state index contributed by atoms with van der Waals surface area (Å²) in [5.74, 6) is -1.33. The molecule has 1 N–H and O–H groups in total. The number of methoxy groups -OCH3 is 1. The molecule has 0 fully saturated rings. The first-order valence-electron chi connectivity index (χ1n) is 6.26. The highest BCUT2D eigenvalue weighted by atomic mass is 35.5. The number of carbonyl (C=O) groups is 1. The van der Waals surface area contributed by atoms with Gasteiger partial charge in [-0.15, -0.1) is 0 Å². The zero-order chi connectivity index (χ0) is 16.0. The van der Waals surface area contributed by atoms with Crippen molar-refractivity contribution in [1.82, 2.24) is 5.32 Å². The Hall–Kier alpha value is -1.18. The lowest BCUT2D eigenvalue weighted by molar-refractivity contribution is -0.120. The van der Waals surface area contributed by atoms with E-state index in [9.17, 15) is 17.6 Å². The van der Waals surface area contributed by atoms with Crippen molar-refractivity contribution in [2.24, 2.45) is 0 Å². The van der Waals surface area contributed by atoms with E-state index in [1.807, 2.05) is 0 Å². The molecule has 1 amide bonds. The molecule has 0 bridgehead atoms. The maximum absolute atomic E-state index is 13.1. The highest BCUT2D eigenvalue weighted by Crippen LogP contribution is 2.22. The van der Waals surface area contributed by atoms with Gasteiger partial charge in [0.05, 0.1) is 9.92 Å². The number of rotatable bonds is 7. The van der Waals surface area contributed by atoms with Crippen LogP contribution >= 0.6 is 11.6 Å². The number of nitrogens with one attached hydrogen (secondary N) is 1. The maximum Gasteiger partial charge on any atom is 0.238 e. The van der Waals surface area contributed by atoms with E-state index in [4.69, 9.17) is 16.3 Å². The van der Waals surface area contributed by atoms with Gasteiger partial charge in [0.2, 0.25) is 5.91 Å². The Balaban J connectivity index is 2.81. The van der Waals surface area contributed by atoms with Gasteiger partial charge in [0, 0.05) is 20.3 Å². The van der Waals surface area contributed by atoms with Gasteiger partial charge in [0.25, 0.3) is 0 Å². The van der Waals surface area contributed by atoms with Crippen molar-refractivity contribution in [2.75, 3.05) is 20.3 Å². The summed E-state index contributed by atoms with van der Waals surface area (Å²) in [5, 5.41) is 0.922. The van der Waals surface area contributed by atoms with Gasteiger partial charge in [-0.25, -0.2) is 12.8 Å². The Bertz CT molecular complexity index is 606. The van der Waals surface area contributed by atoms with Crippen LogP contribution in [0.2, 0.25) is 5.02 Å². The second kappa shape index (κ2) is 7.72. The van der Waals surface area contributed by atoms with E-state index in [0.29, 0.717) is 19.6 Å². The molecule has 0 saturated heterocycles. The second-order valence-electron chi connectivity index (χ2n) is 4.40. The molecule has 1 atom stereocenters. The van der Waals surface area contributed by atoms with Crippen LogP contribution in [0.1, 0.15) is 13.3 Å². The molecule has 1 aromatic rings. The van der Waals surface area contributed by atoms with E-state index in [0.717, 1.165) is 18.2 Å². The van der Waals surface area contributed by atoms with Crippen molar-refractivity contribution >= 4 is 27.3 Å². The summed E-state index contributed by atoms with van der Waals surface area (Å²) in [4.78, 5) is 11.7. The monoisotopic (exact) mass is 337 g/mol. The number of benzene rings is 1. The largest absolute Gasteiger partial charge is 0.385 e. The third-order valence-corrected chi connectivity index (χ3v) is 5.22. The van der Waals surface area contributed by atoms with Crippen LogP contribution in [0.15, 0.2) is 23.1 Å². The third kappa shape index (κ3) is 4.66. The van der Waals surface area contributed by atoms with Crippen molar-refractivity contribution in [3.05, 3.63) is 29.0 Å². The molecule has 0 radical (unpaired) electrons. The van der Waals surface area contributed by atoms with Crippen LogP contribution in [-0.4, -0.2) is 39.8 Å². The Morgan fingerprint density at radius 3 is 2.71 bits per heavy atom. The fourth-order valence-electron chi connectivity index (χ4n) is 1.57. The lowest BCUT2D eigenvalue weighted by Gasteiger charge is -2.13. The first-order chi connectivity index (χ1) is 9.80. The second-order valence-corrected chi connectivity index (χ2v) is 7.08. The fourth-order valence-corrected chi connectivity index (χ4v) is 3.13. The van der Waals surface area contributed by atoms with Crippen LogP contribution in [0.4, 0.5) is 4.39 Å². The number of halogens is 2. The zero-order valence-electron chi connectivity index (χ0n) is 11.7. The summed E-state index contributed by atoms with van der Waals surface area (Å²) in [6, 6.07) is 3.05. The number of hydrogen-bond acceptors (Lipinski definition) is 4. The Labute approximate surface area is 128 Å². The van der Waals surface area contributed by atoms with Crippen LogP contribution in [0.25, 0.3) is 0 Å². The van der Waals surface area contributed by atoms with Gasteiger partial charge in [-0.05, 0) is 31.5 Å². The van der Waals surface area contributed by atoms with Crippen LogP contribution in [0.5, 0.6) is 0 Å². The Morgan fingerprint density at radius 1 is 1.48 bits per heavy atom. The van der Waals surface area contributed by atoms with E-state index < -0.39 is 26.8 Å². The summed E-state index contributed by atoms with van der Waals surface area (Å²) in [6.45, 7) is 2.06. The maximum atomic E-state index is 13.1. The normalized spacial score (nSPS) is 13.0. The van der Waals surface area contributed by atoms with Crippen molar-refractivity contribution in [1.29, 1.82) is 0 Å². The molecule has 21 heavy (non-hydrogen) atoms. The molecule has 0 heterocycles. The minimum Gasteiger partial charge on any atom is -0.385 e. The summed E-state index contributed by atoms with van der Waals surface area (Å²) < 4.78 is 42.4. The predicted octanol–water partition coefficient (Wildman–Crippen LogP) is 1.79. The first kappa shape index (κ1) is 17.9. The fraction of sp³-hybridized carbons (Fsp3) is 0.462. The lowest BCUT2D eigenvalue weighted by atomic mass is 10.3. The predicted molar refractivity (Wildman–Crippen MR) is 77.6 cm³/mol. The molecule has 0 aromatic heterocycles. The van der Waals surface area contributed by atoms with E-state index in [2.05, 4.69) is 5.32 Å². The van der Waals surface area contributed by atoms with Gasteiger partial charge in [-0.1, -0.05) is 11.6 Å². The molecule has 1 rings (SSSR count). The smallest absolute Gasteiger partial charge is 0.238 e. The third-order valence-electron chi connectivity index (χ3n) is 2.88. The van der Waals surface area contributed by atoms with Gasteiger partial charge in [0.15, 0.2) is 9.84 Å². The van der Waals surface area contributed by atoms with Crippen molar-refractivity contribution < 1.29 is 22.3 Å². The number of ether oxygens (including phenoxy) is 1. The van der Waals surface area contributed by atoms with Crippen LogP contribution in [0, 0.1) is 5.82 Å². The molecule has 0 aliphatic heterocycles. The SMILES string of the molecule is COCCCNC(=O)[C@H](C)S(=O)(=O)c1ccc(F)c(Cl)c1. The number of amides is 1. The standard InChI is InChI=1S/C13H17ClFNO4S/c1-9(13(17)16-6-3-7-20-2)21(18,19)10-4-5-12(15)11(14)8-10/h4-5,8-9H,3,6-7H2,1-2H3,(H,16,17)/t9-/m0/s1. The Morgan fingerprint density at radius 2 is 2.14 bits per heavy atom. The van der Waals surface area contributed by atoms with Crippen molar-refractivity contribution in [3.63, 3.8) is 0 Å². The molecule has 5 nitrogen and oxygen atoms in total. The number of carbonyl (C=O) groups excluding carboxylic acids is 1. The minimum absolute atomic E-state index is 0.187. The lowest BCUT2D eigenvalue weighted by Crippen LogP contribution is -2.38. The molecule has 0 saturated carbocycles. The van der Waals surface area contributed by atoms with Crippen LogP contribution < -0.4 is 5.32 Å². The number of sulfone groups is 1. The highest BCUT2D eigenvalue weighted by molar-refractivity contribution is 7.92. The molecule has 1 aromatic carbocycles. The van der Waals surface area contributed by atoms with Crippen LogP contribution in [0.3, 0.4) is 0 Å². The molecule has 0 aliphatic carbocycles. The molecule has 8 heteroatoms. The molecule has 0 unspecified atom stereocenters. The zero-order valence-corrected chi connectivity index (χ0v) is 13.3. The minimum atomic E-state index is -3.91. The topological polar surface area (TPSA) is 72.5 Å². The quantitative estimate of drug-likeness (QED) is 0.608. The van der Waals surface area contributed by atoms with E-state index in [-0.39, 0.29) is 9.92 Å². The average Bonchev–Trinajstić information content (AvgIpc) is 2.45. The van der Waals surface area contributed by atoms with Gasteiger partial charge in [-0.3, -0.25) is 4.79 Å². The van der Waals surface area contributed by atoms with Gasteiger partial charge >= 0.3 is 0 Å². The van der Waals surface area contributed by atoms with Crippen molar-refractivity contribution in [2.45, 2.75) is 23.5 Å². The van der Waals surface area contributed by atoms with Gasteiger partial charge in [0.1, 0.15) is 11.1 Å². The van der Waals surface area contributed by atoms with E-state index >= 15 is 0 Å². The molecule has 0 aliphatic rings. The molecule has 118 valence electrons.